The van der Waals surface area contributed by atoms with E-state index in [2.05, 4.69) is 17.2 Å². The molecule has 59 heavy (non-hydrogen) atoms. The average molecular weight is 816 g/mol. The minimum Gasteiger partial charge on any atom is -0.485 e. The van der Waals surface area contributed by atoms with Crippen LogP contribution in [-0.4, -0.2) is 86.9 Å². The van der Waals surface area contributed by atoms with Crippen LogP contribution in [0.25, 0.3) is 0 Å². The molecule has 4 aliphatic carbocycles. The van der Waals surface area contributed by atoms with Crippen molar-refractivity contribution in [2.24, 2.45) is 28.6 Å². The molecule has 1 aromatic rings. The van der Waals surface area contributed by atoms with Crippen LogP contribution in [0.2, 0.25) is 0 Å². The molecule has 4 amide bonds. The Labute approximate surface area is 345 Å². The van der Waals surface area contributed by atoms with Crippen LogP contribution in [0.5, 0.6) is 5.75 Å². The number of unbranched alkanes of at least 4 members (excludes halogenated alkanes) is 6. The first-order chi connectivity index (χ1) is 28.0. The summed E-state index contributed by atoms with van der Waals surface area (Å²) in [6.07, 6.45) is 11.5. The zero-order chi connectivity index (χ0) is 42.5. The fraction of sp³-hybridized carbons (Fsp3) is 0.609. The topological polar surface area (TPSA) is 179 Å². The molecule has 12 nitrogen and oxygen atoms in total. The second-order valence-corrected chi connectivity index (χ2v) is 18.3. The van der Waals surface area contributed by atoms with Gasteiger partial charge in [-0.15, -0.1) is 0 Å². The number of carbonyl (C=O) groups is 6. The fourth-order valence-corrected chi connectivity index (χ4v) is 11.6. The van der Waals surface area contributed by atoms with Crippen LogP contribution in [0.3, 0.4) is 0 Å². The minimum atomic E-state index is -2.02. The summed E-state index contributed by atoms with van der Waals surface area (Å²) in [4.78, 5) is 78.5. The molecule has 0 spiro atoms. The number of allylic oxidation sites excluding steroid dienone is 5. The summed E-state index contributed by atoms with van der Waals surface area (Å²) >= 11 is 0. The van der Waals surface area contributed by atoms with Crippen LogP contribution in [-0.2, 0) is 19.2 Å². The molecule has 2 aliphatic heterocycles. The molecule has 7 rings (SSSR count). The van der Waals surface area contributed by atoms with E-state index < -0.39 is 69.7 Å². The van der Waals surface area contributed by atoms with E-state index in [1.807, 2.05) is 13.8 Å². The van der Waals surface area contributed by atoms with Gasteiger partial charge in [0, 0.05) is 35.4 Å². The highest BCUT2D eigenvalue weighted by Gasteiger charge is 2.75. The largest absolute Gasteiger partial charge is 0.485 e. The molecule has 2 heterocycles. The number of Topliss-reactive ketones (excluding diaryl/α,β-unsaturated/α-hetero) is 1. The third-order valence-electron chi connectivity index (χ3n) is 14.9. The summed E-state index contributed by atoms with van der Waals surface area (Å²) in [5.41, 5.74) is -4.48. The lowest BCUT2D eigenvalue weighted by molar-refractivity contribution is -0.219. The van der Waals surface area contributed by atoms with Crippen molar-refractivity contribution < 1.29 is 48.1 Å². The monoisotopic (exact) mass is 815 g/mol. The molecular formula is C46H58FN3O9. The number of benzene rings is 1. The Hall–Kier alpha value is -4.49. The zero-order valence-corrected chi connectivity index (χ0v) is 34.4. The number of ketones is 2. The number of hydrogen-bond acceptors (Lipinski definition) is 9. The normalized spacial score (nSPS) is 34.7. The van der Waals surface area contributed by atoms with Crippen molar-refractivity contribution in [2.45, 2.75) is 134 Å². The average Bonchev–Trinajstić information content (AvgIpc) is 3.56. The van der Waals surface area contributed by atoms with Crippen LogP contribution in [0, 0.1) is 28.6 Å². The van der Waals surface area contributed by atoms with E-state index in [1.165, 1.54) is 18.2 Å². The third-order valence-corrected chi connectivity index (χ3v) is 14.9. The summed E-state index contributed by atoms with van der Waals surface area (Å²) in [6.45, 7) is 9.34. The highest BCUT2D eigenvalue weighted by atomic mass is 19.1. The van der Waals surface area contributed by atoms with Crippen LogP contribution >= 0.6 is 0 Å². The molecule has 0 bridgehead atoms. The van der Waals surface area contributed by atoms with Crippen LogP contribution in [0.4, 0.5) is 4.39 Å². The van der Waals surface area contributed by atoms with Crippen molar-refractivity contribution in [1.82, 2.24) is 15.5 Å². The molecule has 1 unspecified atom stereocenters. The van der Waals surface area contributed by atoms with E-state index >= 15 is 4.39 Å². The van der Waals surface area contributed by atoms with Gasteiger partial charge in [-0.1, -0.05) is 70.2 Å². The predicted octanol–water partition coefficient (Wildman–Crippen LogP) is 5.61. The Morgan fingerprint density at radius 3 is 2.44 bits per heavy atom. The number of amides is 4. The summed E-state index contributed by atoms with van der Waals surface area (Å²) in [6, 6.07) is 3.71. The number of imide groups is 1. The van der Waals surface area contributed by atoms with Gasteiger partial charge in [-0.25, -0.2) is 4.39 Å². The van der Waals surface area contributed by atoms with Gasteiger partial charge in [0.2, 0.25) is 5.91 Å². The van der Waals surface area contributed by atoms with Crippen molar-refractivity contribution in [1.29, 1.82) is 0 Å². The summed E-state index contributed by atoms with van der Waals surface area (Å²) in [5, 5.41) is 29.3. The second-order valence-electron chi connectivity index (χ2n) is 18.3. The Morgan fingerprint density at radius 1 is 1.00 bits per heavy atom. The van der Waals surface area contributed by atoms with E-state index in [0.717, 1.165) is 43.4 Å². The summed E-state index contributed by atoms with van der Waals surface area (Å²) in [5.74, 6) is -3.58. The third kappa shape index (κ3) is 6.99. The maximum absolute atomic E-state index is 17.4. The summed E-state index contributed by atoms with van der Waals surface area (Å²) in [7, 11) is 0. The number of halogens is 1. The molecule has 1 aromatic carbocycles. The number of carbonyl (C=O) groups excluding carboxylic acids is 6. The Balaban J connectivity index is 0.805. The number of piperidine rings is 1. The molecule has 318 valence electrons. The van der Waals surface area contributed by atoms with Gasteiger partial charge >= 0.3 is 0 Å². The van der Waals surface area contributed by atoms with Crippen LogP contribution in [0.1, 0.15) is 131 Å². The Morgan fingerprint density at radius 2 is 1.71 bits per heavy atom. The van der Waals surface area contributed by atoms with Crippen LogP contribution in [0.15, 0.2) is 54.3 Å². The van der Waals surface area contributed by atoms with E-state index in [0.29, 0.717) is 56.3 Å². The van der Waals surface area contributed by atoms with Crippen LogP contribution < -0.4 is 15.4 Å². The fourth-order valence-electron chi connectivity index (χ4n) is 11.6. The lowest BCUT2D eigenvalue weighted by Crippen LogP contribution is -2.70. The number of nitrogens with zero attached hydrogens (tertiary/aromatic N) is 1. The number of fused-ring (bicyclic) bond motifs is 6. The molecule has 0 aromatic heterocycles. The first-order valence-corrected chi connectivity index (χ1v) is 21.4. The Kier molecular flexibility index (Phi) is 11.7. The van der Waals surface area contributed by atoms with Gasteiger partial charge < -0.3 is 25.6 Å². The quantitative estimate of drug-likeness (QED) is 0.129. The van der Waals surface area contributed by atoms with Gasteiger partial charge in [0.25, 0.3) is 17.7 Å². The van der Waals surface area contributed by atoms with Crippen molar-refractivity contribution in [3.63, 3.8) is 0 Å². The number of rotatable bonds is 15. The highest BCUT2D eigenvalue weighted by Crippen LogP contribution is 2.70. The standard InChI is InChI=1S/C46H58FN3O9/c1-27-23-34-33-18-17-29-24-30(51)20-21-43(29,3)45(33,47)37(53)25-44(34,4)46(27,58)42(57)48-22-11-9-7-5-6-8-10-13-31(52)26-59-36-15-12-14-32-38(36)41(56)50(40(32)55)35-19-16-28(2)49-39(35)54/h12,14-15,20-21,24,27,33-35,37,53,58H,2,5-11,13,16-19,22-23,25-26H2,1,3-4H3,(H,48,57)(H,49,54)/t27-,33+,34+,35?,37+,43+,44+,45+,46+/m1/s1. The lowest BCUT2D eigenvalue weighted by Gasteiger charge is -2.62. The SMILES string of the molecule is C=C1CCC(N2C(=O)c3cccc(OCC(=O)CCCCCCCCCNC(=O)[C@@]4(O)[C@H](C)C[C@H]5[C@@H]6CCC7=CC(=O)C=C[C@]7(C)[C@@]6(F)[C@@H](O)C[C@@]54C)c3C2=O)C(=O)N1. The molecule has 9 atom stereocenters. The van der Waals surface area contributed by atoms with Gasteiger partial charge in [0.15, 0.2) is 22.8 Å². The van der Waals surface area contributed by atoms with Crippen molar-refractivity contribution in [3.8, 4) is 5.75 Å². The van der Waals surface area contributed by atoms with Gasteiger partial charge in [0.1, 0.15) is 18.4 Å². The van der Waals surface area contributed by atoms with Gasteiger partial charge in [-0.3, -0.25) is 33.7 Å². The summed E-state index contributed by atoms with van der Waals surface area (Å²) < 4.78 is 23.2. The zero-order valence-electron chi connectivity index (χ0n) is 34.4. The molecule has 1 saturated heterocycles. The number of alkyl halides is 1. The maximum atomic E-state index is 17.4. The van der Waals surface area contributed by atoms with E-state index in [9.17, 15) is 39.0 Å². The Bertz CT molecular complexity index is 2010. The number of ether oxygens (including phenoxy) is 1. The minimum absolute atomic E-state index is 0.0564. The maximum Gasteiger partial charge on any atom is 0.266 e. The lowest BCUT2D eigenvalue weighted by atomic mass is 9.44. The predicted molar refractivity (Wildman–Crippen MR) is 216 cm³/mol. The molecule has 0 radical (unpaired) electrons. The first-order valence-electron chi connectivity index (χ1n) is 21.4. The smallest absolute Gasteiger partial charge is 0.266 e. The number of hydrogen-bond donors (Lipinski definition) is 4. The van der Waals surface area contributed by atoms with Crippen molar-refractivity contribution in [3.05, 3.63) is 65.4 Å². The molecule has 3 saturated carbocycles. The van der Waals surface area contributed by atoms with Gasteiger partial charge in [0.05, 0.1) is 17.2 Å². The van der Waals surface area contributed by atoms with Gasteiger partial charge in [-0.05, 0) is 94.4 Å². The molecule has 13 heteroatoms. The molecule has 6 aliphatic rings. The first kappa shape index (κ1) is 42.6. The van der Waals surface area contributed by atoms with Crippen molar-refractivity contribution >= 4 is 35.2 Å². The molecule has 4 N–H and O–H groups in total. The number of nitrogens with one attached hydrogen (secondary N) is 2. The van der Waals surface area contributed by atoms with Gasteiger partial charge in [-0.2, -0.15) is 0 Å². The number of aliphatic hydroxyl groups is 2. The van der Waals surface area contributed by atoms with E-state index in [4.69, 9.17) is 4.74 Å². The van der Waals surface area contributed by atoms with E-state index in [-0.39, 0.29) is 53.8 Å². The van der Waals surface area contributed by atoms with E-state index in [1.54, 1.807) is 25.1 Å². The highest BCUT2D eigenvalue weighted by molar-refractivity contribution is 6.24. The number of aliphatic hydroxyl groups excluding tert-OH is 1. The van der Waals surface area contributed by atoms with Crippen molar-refractivity contribution in [2.75, 3.05) is 13.2 Å². The second kappa shape index (κ2) is 16.2. The molecular weight excluding hydrogens is 758 g/mol. The molecule has 4 fully saturated rings.